The second kappa shape index (κ2) is 6.12. The number of hydrogen-bond donors (Lipinski definition) is 1. The van der Waals surface area contributed by atoms with Gasteiger partial charge in [0.2, 0.25) is 0 Å². The van der Waals surface area contributed by atoms with Crippen molar-refractivity contribution in [3.8, 4) is 0 Å². The summed E-state index contributed by atoms with van der Waals surface area (Å²) in [5.41, 5.74) is 0.202. The molecule has 3 atom stereocenters. The van der Waals surface area contributed by atoms with Gasteiger partial charge in [0.05, 0.1) is 11.7 Å². The normalized spacial score (nSPS) is 41.3. The molecule has 3 unspecified atom stereocenters. The monoisotopic (exact) mass is 271 g/mol. The zero-order valence-electron chi connectivity index (χ0n) is 11.2. The van der Waals surface area contributed by atoms with Gasteiger partial charge in [-0.05, 0) is 44.3 Å². The number of nitrogens with one attached hydrogen (secondary N) is 1. The van der Waals surface area contributed by atoms with E-state index in [-0.39, 0.29) is 5.60 Å². The Bertz CT molecular complexity index is 263. The predicted octanol–water partition coefficient (Wildman–Crippen LogP) is 2.20. The molecule has 3 fully saturated rings. The largest absolute Gasteiger partial charge is 0.377 e. The lowest BCUT2D eigenvalue weighted by molar-refractivity contribution is -0.0725. The van der Waals surface area contributed by atoms with Crippen LogP contribution in [0.25, 0.3) is 0 Å². The summed E-state index contributed by atoms with van der Waals surface area (Å²) in [4.78, 5) is 0. The topological polar surface area (TPSA) is 30.5 Å². The molecule has 1 N–H and O–H groups in total. The van der Waals surface area contributed by atoms with Gasteiger partial charge in [0, 0.05) is 31.6 Å². The van der Waals surface area contributed by atoms with E-state index in [1.54, 1.807) is 0 Å². The molecule has 3 nitrogen and oxygen atoms in total. The van der Waals surface area contributed by atoms with E-state index in [1.165, 1.54) is 50.0 Å². The maximum atomic E-state index is 6.06. The van der Waals surface area contributed by atoms with Crippen molar-refractivity contribution in [2.45, 2.75) is 56.3 Å². The van der Waals surface area contributed by atoms with Crippen molar-refractivity contribution in [2.75, 3.05) is 31.3 Å². The second-order valence-electron chi connectivity index (χ2n) is 5.92. The Labute approximate surface area is 114 Å². The minimum Gasteiger partial charge on any atom is -0.377 e. The van der Waals surface area contributed by atoms with Gasteiger partial charge >= 0.3 is 0 Å². The molecular formula is C14H25NO2S. The van der Waals surface area contributed by atoms with Crippen molar-refractivity contribution in [3.05, 3.63) is 0 Å². The molecule has 0 bridgehead atoms. The van der Waals surface area contributed by atoms with Crippen LogP contribution in [0.15, 0.2) is 0 Å². The van der Waals surface area contributed by atoms with Crippen molar-refractivity contribution in [3.63, 3.8) is 0 Å². The smallest absolute Gasteiger partial charge is 0.0795 e. The standard InChI is InChI=1S/C14H25NO2S/c1-2-6-16-13(3-1)10-15-12-4-7-17-14(9-12)5-8-18-11-14/h12-13,15H,1-11H2. The average Bonchev–Trinajstić information content (AvgIpc) is 2.86. The summed E-state index contributed by atoms with van der Waals surface area (Å²) in [5.74, 6) is 2.48. The molecule has 0 radical (unpaired) electrons. The summed E-state index contributed by atoms with van der Waals surface area (Å²) in [6.07, 6.45) is 7.88. The highest BCUT2D eigenvalue weighted by Crippen LogP contribution is 2.38. The van der Waals surface area contributed by atoms with Crippen molar-refractivity contribution in [2.24, 2.45) is 0 Å². The molecule has 0 aliphatic carbocycles. The lowest BCUT2D eigenvalue weighted by atomic mass is 9.90. The fourth-order valence-corrected chi connectivity index (χ4v) is 4.71. The van der Waals surface area contributed by atoms with Gasteiger partial charge in [-0.15, -0.1) is 0 Å². The van der Waals surface area contributed by atoms with Crippen LogP contribution in [0.1, 0.15) is 38.5 Å². The van der Waals surface area contributed by atoms with Crippen LogP contribution in [-0.2, 0) is 9.47 Å². The van der Waals surface area contributed by atoms with Gasteiger partial charge in [-0.2, -0.15) is 11.8 Å². The molecule has 0 saturated carbocycles. The van der Waals surface area contributed by atoms with Gasteiger partial charge in [0.1, 0.15) is 0 Å². The minimum absolute atomic E-state index is 0.202. The van der Waals surface area contributed by atoms with Gasteiger partial charge in [0.25, 0.3) is 0 Å². The third-order valence-corrected chi connectivity index (χ3v) is 5.69. The van der Waals surface area contributed by atoms with Crippen LogP contribution in [0.5, 0.6) is 0 Å². The average molecular weight is 271 g/mol. The summed E-state index contributed by atoms with van der Waals surface area (Å²) >= 11 is 2.05. The molecule has 1 spiro atoms. The summed E-state index contributed by atoms with van der Waals surface area (Å²) in [7, 11) is 0. The molecule has 0 aromatic rings. The number of rotatable bonds is 3. The summed E-state index contributed by atoms with van der Waals surface area (Å²) in [6, 6.07) is 0.642. The zero-order valence-corrected chi connectivity index (χ0v) is 12.0. The maximum absolute atomic E-state index is 6.06. The van der Waals surface area contributed by atoms with E-state index in [0.29, 0.717) is 12.1 Å². The first-order valence-corrected chi connectivity index (χ1v) is 8.59. The number of ether oxygens (including phenoxy) is 2. The van der Waals surface area contributed by atoms with E-state index < -0.39 is 0 Å². The van der Waals surface area contributed by atoms with Crippen LogP contribution >= 0.6 is 11.8 Å². The van der Waals surface area contributed by atoms with Gasteiger partial charge in [-0.25, -0.2) is 0 Å². The first-order valence-electron chi connectivity index (χ1n) is 7.43. The number of hydrogen-bond acceptors (Lipinski definition) is 4. The highest BCUT2D eigenvalue weighted by molar-refractivity contribution is 7.99. The molecule has 3 aliphatic rings. The lowest BCUT2D eigenvalue weighted by Gasteiger charge is -2.38. The summed E-state index contributed by atoms with van der Waals surface area (Å²) < 4.78 is 11.8. The summed E-state index contributed by atoms with van der Waals surface area (Å²) in [6.45, 7) is 2.93. The molecule has 0 aromatic carbocycles. The molecule has 104 valence electrons. The van der Waals surface area contributed by atoms with Gasteiger partial charge in [-0.1, -0.05) is 0 Å². The van der Waals surface area contributed by atoms with Crippen molar-refractivity contribution >= 4 is 11.8 Å². The molecule has 3 rings (SSSR count). The third-order valence-electron chi connectivity index (χ3n) is 4.47. The fraction of sp³-hybridized carbons (Fsp3) is 1.00. The third kappa shape index (κ3) is 3.21. The van der Waals surface area contributed by atoms with E-state index in [9.17, 15) is 0 Å². The van der Waals surface area contributed by atoms with E-state index in [4.69, 9.17) is 9.47 Å². The van der Waals surface area contributed by atoms with Gasteiger partial charge in [-0.3, -0.25) is 0 Å². The highest BCUT2D eigenvalue weighted by Gasteiger charge is 2.40. The molecule has 3 heterocycles. The molecular weight excluding hydrogens is 246 g/mol. The fourth-order valence-electron chi connectivity index (χ4n) is 3.33. The molecule has 18 heavy (non-hydrogen) atoms. The SMILES string of the molecule is C1CCC(CNC2CCOC3(CCSC3)C2)OC1. The Morgan fingerprint density at radius 1 is 1.22 bits per heavy atom. The van der Waals surface area contributed by atoms with Crippen LogP contribution in [-0.4, -0.2) is 49.0 Å². The van der Waals surface area contributed by atoms with Crippen molar-refractivity contribution < 1.29 is 9.47 Å². The van der Waals surface area contributed by atoms with Crippen molar-refractivity contribution in [1.29, 1.82) is 0 Å². The van der Waals surface area contributed by atoms with Crippen LogP contribution < -0.4 is 5.32 Å². The van der Waals surface area contributed by atoms with Gasteiger partial charge in [0.15, 0.2) is 0 Å². The molecule has 0 amide bonds. The van der Waals surface area contributed by atoms with Crippen LogP contribution in [0.2, 0.25) is 0 Å². The van der Waals surface area contributed by atoms with E-state index >= 15 is 0 Å². The Balaban J connectivity index is 1.44. The second-order valence-corrected chi connectivity index (χ2v) is 7.03. The Hall–Kier alpha value is 0.230. The summed E-state index contributed by atoms with van der Waals surface area (Å²) in [5, 5.41) is 3.73. The number of thioether (sulfide) groups is 1. The van der Waals surface area contributed by atoms with Gasteiger partial charge < -0.3 is 14.8 Å². The van der Waals surface area contributed by atoms with E-state index in [0.717, 1.165) is 19.8 Å². The first-order chi connectivity index (χ1) is 8.86. The predicted molar refractivity (Wildman–Crippen MR) is 75.2 cm³/mol. The maximum Gasteiger partial charge on any atom is 0.0795 e. The quantitative estimate of drug-likeness (QED) is 0.852. The van der Waals surface area contributed by atoms with Crippen LogP contribution in [0, 0.1) is 0 Å². The van der Waals surface area contributed by atoms with E-state index in [1.807, 2.05) is 0 Å². The first kappa shape index (κ1) is 13.2. The van der Waals surface area contributed by atoms with Crippen LogP contribution in [0.3, 0.4) is 0 Å². The van der Waals surface area contributed by atoms with E-state index in [2.05, 4.69) is 17.1 Å². The molecule has 4 heteroatoms. The Morgan fingerprint density at radius 2 is 2.22 bits per heavy atom. The zero-order chi connectivity index (χ0) is 12.3. The lowest BCUT2D eigenvalue weighted by Crippen LogP contribution is -2.49. The molecule has 0 aromatic heterocycles. The minimum atomic E-state index is 0.202. The highest BCUT2D eigenvalue weighted by atomic mass is 32.2. The van der Waals surface area contributed by atoms with Crippen LogP contribution in [0.4, 0.5) is 0 Å². The Morgan fingerprint density at radius 3 is 3.00 bits per heavy atom. The Kier molecular flexibility index (Phi) is 4.50. The molecule has 3 saturated heterocycles. The molecule has 3 aliphatic heterocycles. The van der Waals surface area contributed by atoms with Crippen molar-refractivity contribution in [1.82, 2.24) is 5.32 Å².